The molecule has 0 unspecified atom stereocenters. The third-order valence-corrected chi connectivity index (χ3v) is 3.31. The number of hydrogen-bond acceptors (Lipinski definition) is 4. The van der Waals surface area contributed by atoms with Crippen molar-refractivity contribution in [3.8, 4) is 18.1 Å². The molecule has 0 N–H and O–H groups in total. The molecule has 0 atom stereocenters. The van der Waals surface area contributed by atoms with E-state index in [-0.39, 0.29) is 12.3 Å². The fraction of sp³-hybridized carbons (Fsp3) is 0.0625. The van der Waals surface area contributed by atoms with E-state index in [1.54, 1.807) is 30.5 Å². The van der Waals surface area contributed by atoms with Gasteiger partial charge in [0.25, 0.3) is 5.69 Å². The third kappa shape index (κ3) is 4.46. The molecule has 0 aromatic heterocycles. The normalized spacial score (nSPS) is 10.5. The first-order valence-electron chi connectivity index (χ1n) is 6.35. The lowest BCUT2D eigenvalue weighted by atomic mass is 10.2. The Morgan fingerprint density at radius 3 is 2.39 bits per heavy atom. The van der Waals surface area contributed by atoms with Crippen LogP contribution in [0.15, 0.2) is 41.4 Å². The van der Waals surface area contributed by atoms with Crippen molar-refractivity contribution in [1.82, 2.24) is 0 Å². The van der Waals surface area contributed by atoms with E-state index in [2.05, 4.69) is 10.9 Å². The molecule has 0 radical (unpaired) electrons. The molecule has 2 aromatic rings. The Morgan fingerprint density at radius 2 is 1.87 bits per heavy atom. The van der Waals surface area contributed by atoms with Crippen molar-refractivity contribution in [2.24, 2.45) is 4.99 Å². The van der Waals surface area contributed by atoms with Gasteiger partial charge in [-0.05, 0) is 29.8 Å². The monoisotopic (exact) mass is 348 g/mol. The first-order chi connectivity index (χ1) is 11.0. The molecule has 5 nitrogen and oxygen atoms in total. The van der Waals surface area contributed by atoms with Gasteiger partial charge in [0.2, 0.25) is 0 Å². The van der Waals surface area contributed by atoms with Gasteiger partial charge in [0.05, 0.1) is 20.7 Å². The SMILES string of the molecule is C#CCOc1c(Cl)cc(C=Nc2ccc([N+](=O)[O-])cc2)cc1Cl. The van der Waals surface area contributed by atoms with Gasteiger partial charge < -0.3 is 4.74 Å². The quantitative estimate of drug-likeness (QED) is 0.341. The maximum absolute atomic E-state index is 10.6. The van der Waals surface area contributed by atoms with Gasteiger partial charge in [0, 0.05) is 18.3 Å². The Labute approximate surface area is 142 Å². The van der Waals surface area contributed by atoms with Gasteiger partial charge >= 0.3 is 0 Å². The van der Waals surface area contributed by atoms with E-state index in [0.29, 0.717) is 27.0 Å². The van der Waals surface area contributed by atoms with Crippen molar-refractivity contribution in [2.75, 3.05) is 6.61 Å². The molecule has 23 heavy (non-hydrogen) atoms. The second-order valence-corrected chi connectivity index (χ2v) is 5.15. The Balaban J connectivity index is 2.19. The number of nitrogens with zero attached hydrogens (tertiary/aromatic N) is 2. The molecule has 2 aromatic carbocycles. The van der Waals surface area contributed by atoms with E-state index in [1.807, 2.05) is 0 Å². The highest BCUT2D eigenvalue weighted by Crippen LogP contribution is 2.34. The minimum absolute atomic E-state index is 0.00468. The summed E-state index contributed by atoms with van der Waals surface area (Å²) in [6, 6.07) is 9.11. The van der Waals surface area contributed by atoms with Gasteiger partial charge in [0.15, 0.2) is 5.75 Å². The topological polar surface area (TPSA) is 64.7 Å². The molecular formula is C16H10Cl2N2O3. The summed E-state index contributed by atoms with van der Waals surface area (Å²) < 4.78 is 5.26. The molecule has 0 aliphatic carbocycles. The number of non-ortho nitro benzene ring substituents is 1. The average molecular weight is 349 g/mol. The van der Waals surface area contributed by atoms with Crippen molar-refractivity contribution in [1.29, 1.82) is 0 Å². The predicted octanol–water partition coefficient (Wildman–Crippen LogP) is 4.66. The van der Waals surface area contributed by atoms with Crippen molar-refractivity contribution in [3.05, 3.63) is 62.1 Å². The zero-order valence-electron chi connectivity index (χ0n) is 11.7. The summed E-state index contributed by atoms with van der Waals surface area (Å²) >= 11 is 12.2. The van der Waals surface area contributed by atoms with Crippen LogP contribution in [0.5, 0.6) is 5.75 Å². The molecule has 0 fully saturated rings. The molecule has 2 rings (SSSR count). The van der Waals surface area contributed by atoms with Crippen molar-refractivity contribution in [2.45, 2.75) is 0 Å². The van der Waals surface area contributed by atoms with Gasteiger partial charge in [-0.25, -0.2) is 0 Å². The molecule has 7 heteroatoms. The number of aliphatic imine (C=N–C) groups is 1. The molecule has 0 saturated heterocycles. The van der Waals surface area contributed by atoms with Crippen LogP contribution >= 0.6 is 23.2 Å². The van der Waals surface area contributed by atoms with Crippen LogP contribution in [-0.2, 0) is 0 Å². The third-order valence-electron chi connectivity index (χ3n) is 2.74. The van der Waals surface area contributed by atoms with Gasteiger partial charge in [0.1, 0.15) is 6.61 Å². The summed E-state index contributed by atoms with van der Waals surface area (Å²) in [7, 11) is 0. The highest BCUT2D eigenvalue weighted by Gasteiger charge is 2.09. The Kier molecular flexibility index (Phi) is 5.58. The van der Waals surface area contributed by atoms with Crippen molar-refractivity contribution < 1.29 is 9.66 Å². The first-order valence-corrected chi connectivity index (χ1v) is 7.10. The zero-order valence-corrected chi connectivity index (χ0v) is 13.2. The van der Waals surface area contributed by atoms with Crippen LogP contribution in [0.1, 0.15) is 5.56 Å². The molecule has 0 spiro atoms. The van der Waals surface area contributed by atoms with E-state index in [4.69, 9.17) is 34.4 Å². The summed E-state index contributed by atoms with van der Waals surface area (Å²) in [6.45, 7) is 0.0651. The second-order valence-electron chi connectivity index (χ2n) is 4.34. The number of rotatable bonds is 5. The summed E-state index contributed by atoms with van der Waals surface area (Å²) in [5, 5.41) is 11.2. The van der Waals surface area contributed by atoms with Gasteiger partial charge in [-0.2, -0.15) is 0 Å². The molecule has 0 heterocycles. The fourth-order valence-electron chi connectivity index (χ4n) is 1.72. The largest absolute Gasteiger partial charge is 0.478 e. The van der Waals surface area contributed by atoms with Crippen molar-refractivity contribution in [3.63, 3.8) is 0 Å². The van der Waals surface area contributed by atoms with Crippen LogP contribution in [0.3, 0.4) is 0 Å². The highest BCUT2D eigenvalue weighted by atomic mass is 35.5. The number of benzene rings is 2. The molecule has 0 bridgehead atoms. The summed E-state index contributed by atoms with van der Waals surface area (Å²) in [6.07, 6.45) is 6.67. The van der Waals surface area contributed by atoms with Crippen LogP contribution in [0, 0.1) is 22.5 Å². The van der Waals surface area contributed by atoms with E-state index in [1.165, 1.54) is 12.1 Å². The van der Waals surface area contributed by atoms with E-state index in [9.17, 15) is 10.1 Å². The van der Waals surface area contributed by atoms with Crippen LogP contribution < -0.4 is 4.74 Å². The summed E-state index contributed by atoms with van der Waals surface area (Å²) in [5.74, 6) is 2.65. The smallest absolute Gasteiger partial charge is 0.269 e. The number of terminal acetylenes is 1. The first kappa shape index (κ1) is 16.8. The van der Waals surface area contributed by atoms with Gasteiger partial charge in [-0.15, -0.1) is 6.42 Å². The van der Waals surface area contributed by atoms with Crippen LogP contribution in [0.4, 0.5) is 11.4 Å². The van der Waals surface area contributed by atoms with Crippen LogP contribution in [0.25, 0.3) is 0 Å². The molecule has 116 valence electrons. The minimum atomic E-state index is -0.470. The number of ether oxygens (including phenoxy) is 1. The zero-order chi connectivity index (χ0) is 16.8. The van der Waals surface area contributed by atoms with Crippen molar-refractivity contribution >= 4 is 40.8 Å². The Hall–Kier alpha value is -2.55. The maximum Gasteiger partial charge on any atom is 0.269 e. The number of hydrogen-bond donors (Lipinski definition) is 0. The lowest BCUT2D eigenvalue weighted by molar-refractivity contribution is -0.384. The summed E-state index contributed by atoms with van der Waals surface area (Å²) in [4.78, 5) is 14.3. The van der Waals surface area contributed by atoms with E-state index in [0.717, 1.165) is 0 Å². The lowest BCUT2D eigenvalue weighted by Crippen LogP contribution is -1.96. The molecule has 0 amide bonds. The second kappa shape index (κ2) is 7.63. The average Bonchev–Trinajstić information content (AvgIpc) is 2.52. The highest BCUT2D eigenvalue weighted by molar-refractivity contribution is 6.37. The van der Waals surface area contributed by atoms with E-state index < -0.39 is 4.92 Å². The number of nitro benzene ring substituents is 1. The predicted molar refractivity (Wildman–Crippen MR) is 91.1 cm³/mol. The van der Waals surface area contributed by atoms with Gasteiger partial charge in [-0.1, -0.05) is 29.1 Å². The molecule has 0 aliphatic rings. The van der Waals surface area contributed by atoms with Crippen LogP contribution in [0.2, 0.25) is 10.0 Å². The standard InChI is InChI=1S/C16H10Cl2N2O3/c1-2-7-23-16-14(17)8-11(9-15(16)18)10-19-12-3-5-13(6-4-12)20(21)22/h1,3-6,8-10H,7H2. The van der Waals surface area contributed by atoms with Crippen LogP contribution in [-0.4, -0.2) is 17.7 Å². The molecule has 0 aliphatic heterocycles. The lowest BCUT2D eigenvalue weighted by Gasteiger charge is -2.08. The maximum atomic E-state index is 10.6. The van der Waals surface area contributed by atoms with Gasteiger partial charge in [-0.3, -0.25) is 15.1 Å². The molecule has 0 saturated carbocycles. The summed E-state index contributed by atoms with van der Waals surface area (Å²) in [5.41, 5.74) is 1.23. The number of nitro groups is 1. The Bertz CT molecular complexity index is 773. The number of halogens is 2. The van der Waals surface area contributed by atoms with E-state index >= 15 is 0 Å². The Morgan fingerprint density at radius 1 is 1.26 bits per heavy atom. The minimum Gasteiger partial charge on any atom is -0.478 e. The molecular weight excluding hydrogens is 339 g/mol. The fourth-order valence-corrected chi connectivity index (χ4v) is 2.33.